The van der Waals surface area contributed by atoms with Crippen LogP contribution in [0, 0.1) is 0 Å². The van der Waals surface area contributed by atoms with Crippen LogP contribution in [0.15, 0.2) is 70.0 Å². The minimum absolute atomic E-state index is 0.259. The minimum atomic E-state index is -0.419. The average molecular weight is 575 g/mol. The molecule has 2 amide bonds. The van der Waals surface area contributed by atoms with Crippen LogP contribution in [-0.2, 0) is 11.4 Å². The molecule has 9 heteroatoms. The number of para-hydroxylation sites is 2. The van der Waals surface area contributed by atoms with E-state index in [9.17, 15) is 9.59 Å². The molecular formula is C26H21BrClNO5S. The summed E-state index contributed by atoms with van der Waals surface area (Å²) in [4.78, 5) is 27.2. The van der Waals surface area contributed by atoms with Gasteiger partial charge in [-0.05, 0) is 76.6 Å². The number of nitrogens with zero attached hydrogens (tertiary/aromatic N) is 1. The number of ether oxygens (including phenoxy) is 3. The van der Waals surface area contributed by atoms with Crippen molar-refractivity contribution in [2.75, 3.05) is 18.6 Å². The first kappa shape index (κ1) is 25.2. The zero-order valence-corrected chi connectivity index (χ0v) is 22.1. The molecule has 4 rings (SSSR count). The number of thioether (sulfide) groups is 1. The van der Waals surface area contributed by atoms with Gasteiger partial charge in [0.25, 0.3) is 11.1 Å². The van der Waals surface area contributed by atoms with Crippen molar-refractivity contribution in [3.05, 3.63) is 86.2 Å². The van der Waals surface area contributed by atoms with Gasteiger partial charge in [0.05, 0.1) is 28.8 Å². The maximum atomic E-state index is 13.1. The molecule has 1 heterocycles. The van der Waals surface area contributed by atoms with E-state index in [-0.39, 0.29) is 6.61 Å². The maximum absolute atomic E-state index is 13.1. The summed E-state index contributed by atoms with van der Waals surface area (Å²) in [6, 6.07) is 17.9. The van der Waals surface area contributed by atoms with Crippen LogP contribution in [0.3, 0.4) is 0 Å². The van der Waals surface area contributed by atoms with Crippen LogP contribution in [0.2, 0.25) is 5.02 Å². The molecule has 0 atom stereocenters. The predicted molar refractivity (Wildman–Crippen MR) is 143 cm³/mol. The highest BCUT2D eigenvalue weighted by atomic mass is 79.9. The first-order valence-electron chi connectivity index (χ1n) is 10.7. The number of anilines is 1. The van der Waals surface area contributed by atoms with Crippen LogP contribution >= 0.6 is 39.3 Å². The summed E-state index contributed by atoms with van der Waals surface area (Å²) in [5.74, 6) is 1.05. The van der Waals surface area contributed by atoms with E-state index in [1.165, 1.54) is 7.11 Å². The average Bonchev–Trinajstić information content (AvgIpc) is 3.12. The Labute approximate surface area is 220 Å². The number of methoxy groups -OCH3 is 1. The van der Waals surface area contributed by atoms with Crippen LogP contribution in [0.4, 0.5) is 10.5 Å². The summed E-state index contributed by atoms with van der Waals surface area (Å²) in [6.07, 6.45) is 1.66. The third-order valence-corrected chi connectivity index (χ3v) is 6.91. The normalized spacial score (nSPS) is 14.5. The molecule has 1 aliphatic rings. The van der Waals surface area contributed by atoms with E-state index >= 15 is 0 Å². The Morgan fingerprint density at radius 3 is 2.51 bits per heavy atom. The summed E-state index contributed by atoms with van der Waals surface area (Å²) in [6.45, 7) is 2.55. The van der Waals surface area contributed by atoms with Crippen molar-refractivity contribution in [2.24, 2.45) is 0 Å². The number of imide groups is 1. The van der Waals surface area contributed by atoms with Crippen LogP contribution in [0.5, 0.6) is 17.2 Å². The first-order chi connectivity index (χ1) is 16.9. The van der Waals surface area contributed by atoms with E-state index in [1.54, 1.807) is 42.5 Å². The smallest absolute Gasteiger partial charge is 0.298 e. The molecule has 3 aromatic carbocycles. The fourth-order valence-corrected chi connectivity index (χ4v) is 5.08. The maximum Gasteiger partial charge on any atom is 0.298 e. The lowest BCUT2D eigenvalue weighted by molar-refractivity contribution is -0.113. The van der Waals surface area contributed by atoms with Crippen molar-refractivity contribution in [1.82, 2.24) is 0 Å². The van der Waals surface area contributed by atoms with E-state index in [4.69, 9.17) is 25.8 Å². The Morgan fingerprint density at radius 2 is 1.77 bits per heavy atom. The number of carbonyl (C=O) groups excluding carboxylic acids is 2. The highest BCUT2D eigenvalue weighted by Crippen LogP contribution is 2.42. The fraction of sp³-hybridized carbons (Fsp3) is 0.154. The van der Waals surface area contributed by atoms with E-state index in [0.717, 1.165) is 22.2 Å². The highest BCUT2D eigenvalue weighted by Gasteiger charge is 2.37. The molecule has 0 radical (unpaired) electrons. The Hall–Kier alpha value is -2.94. The van der Waals surface area contributed by atoms with Crippen molar-refractivity contribution in [2.45, 2.75) is 13.5 Å². The number of rotatable bonds is 8. The fourth-order valence-electron chi connectivity index (χ4n) is 3.48. The lowest BCUT2D eigenvalue weighted by Crippen LogP contribution is -2.28. The van der Waals surface area contributed by atoms with E-state index in [2.05, 4.69) is 15.9 Å². The molecule has 6 nitrogen and oxygen atoms in total. The van der Waals surface area contributed by atoms with Gasteiger partial charge in [-0.3, -0.25) is 9.59 Å². The van der Waals surface area contributed by atoms with E-state index in [1.807, 2.05) is 31.2 Å². The van der Waals surface area contributed by atoms with Crippen LogP contribution < -0.4 is 19.1 Å². The number of halogens is 2. The third kappa shape index (κ3) is 5.50. The molecule has 35 heavy (non-hydrogen) atoms. The van der Waals surface area contributed by atoms with Gasteiger partial charge < -0.3 is 14.2 Å². The molecule has 0 unspecified atom stereocenters. The highest BCUT2D eigenvalue weighted by molar-refractivity contribution is 9.10. The van der Waals surface area contributed by atoms with E-state index < -0.39 is 11.1 Å². The Bertz CT molecular complexity index is 1310. The molecule has 0 N–H and O–H groups in total. The Kier molecular flexibility index (Phi) is 8.05. The first-order valence-corrected chi connectivity index (χ1v) is 12.6. The summed E-state index contributed by atoms with van der Waals surface area (Å²) in [5.41, 5.74) is 1.92. The van der Waals surface area contributed by atoms with Gasteiger partial charge in [0, 0.05) is 10.6 Å². The second-order valence-corrected chi connectivity index (χ2v) is 9.59. The lowest BCUT2D eigenvalue weighted by atomic mass is 10.1. The minimum Gasteiger partial charge on any atom is -0.495 e. The predicted octanol–water partition coefficient (Wildman–Crippen LogP) is 7.33. The van der Waals surface area contributed by atoms with E-state index in [0.29, 0.717) is 49.5 Å². The van der Waals surface area contributed by atoms with Crippen molar-refractivity contribution in [3.63, 3.8) is 0 Å². The van der Waals surface area contributed by atoms with Gasteiger partial charge in [0.1, 0.15) is 12.4 Å². The molecule has 0 bridgehead atoms. The molecule has 0 spiro atoms. The molecule has 1 fully saturated rings. The third-order valence-electron chi connectivity index (χ3n) is 5.08. The quantitative estimate of drug-likeness (QED) is 0.263. The van der Waals surface area contributed by atoms with Crippen molar-refractivity contribution in [1.29, 1.82) is 0 Å². The molecule has 1 saturated heterocycles. The number of carbonyl (C=O) groups is 2. The van der Waals surface area contributed by atoms with Crippen molar-refractivity contribution in [3.8, 4) is 17.2 Å². The summed E-state index contributed by atoms with van der Waals surface area (Å²) in [5, 5.41) is 0.221. The van der Waals surface area contributed by atoms with Crippen LogP contribution in [0.1, 0.15) is 18.1 Å². The van der Waals surface area contributed by atoms with Gasteiger partial charge in [-0.1, -0.05) is 41.9 Å². The van der Waals surface area contributed by atoms with Crippen molar-refractivity contribution >= 4 is 62.2 Å². The zero-order chi connectivity index (χ0) is 24.9. The van der Waals surface area contributed by atoms with Gasteiger partial charge in [0.15, 0.2) is 11.5 Å². The largest absolute Gasteiger partial charge is 0.495 e. The van der Waals surface area contributed by atoms with Gasteiger partial charge in [0.2, 0.25) is 0 Å². The standard InChI is InChI=1S/C26H21BrClNO5S/c1-3-33-22-13-16(12-18(27)24(22)34-15-17-8-4-5-9-19(17)28)14-23-25(30)29(26(31)35-23)20-10-6-7-11-21(20)32-2/h4-14H,3,15H2,1-2H3/b23-14-. The number of hydrogen-bond acceptors (Lipinski definition) is 6. The van der Waals surface area contributed by atoms with Gasteiger partial charge in [-0.2, -0.15) is 0 Å². The number of hydrogen-bond donors (Lipinski definition) is 0. The second-order valence-electron chi connectivity index (χ2n) is 7.33. The molecule has 0 aliphatic carbocycles. The monoisotopic (exact) mass is 573 g/mol. The number of amides is 2. The molecular weight excluding hydrogens is 554 g/mol. The zero-order valence-electron chi connectivity index (χ0n) is 18.9. The number of benzene rings is 3. The SMILES string of the molecule is CCOc1cc(/C=C2\SC(=O)N(c3ccccc3OC)C2=O)cc(Br)c1OCc1ccccc1Cl. The van der Waals surface area contributed by atoms with Crippen LogP contribution in [0.25, 0.3) is 6.08 Å². The lowest BCUT2D eigenvalue weighted by Gasteiger charge is -2.16. The summed E-state index contributed by atoms with van der Waals surface area (Å²) >= 11 is 10.7. The molecule has 0 saturated carbocycles. The molecule has 0 aromatic heterocycles. The molecule has 3 aromatic rings. The second kappa shape index (κ2) is 11.2. The van der Waals surface area contributed by atoms with Gasteiger partial charge in [-0.15, -0.1) is 0 Å². The van der Waals surface area contributed by atoms with Gasteiger partial charge in [-0.25, -0.2) is 4.90 Å². The van der Waals surface area contributed by atoms with Crippen molar-refractivity contribution < 1.29 is 23.8 Å². The summed E-state index contributed by atoms with van der Waals surface area (Å²) in [7, 11) is 1.50. The molecule has 180 valence electrons. The molecule has 1 aliphatic heterocycles. The summed E-state index contributed by atoms with van der Waals surface area (Å²) < 4.78 is 17.8. The Morgan fingerprint density at radius 1 is 1.03 bits per heavy atom. The Balaban J connectivity index is 1.62. The van der Waals surface area contributed by atoms with Gasteiger partial charge >= 0.3 is 0 Å². The topological polar surface area (TPSA) is 65.1 Å². The van der Waals surface area contributed by atoms with Crippen LogP contribution in [-0.4, -0.2) is 24.9 Å².